The molecule has 2 heterocycles. The summed E-state index contributed by atoms with van der Waals surface area (Å²) in [5, 5.41) is 3.42. The minimum Gasteiger partial charge on any atom is -0.367 e. The fraction of sp³-hybridized carbons (Fsp3) is 0.571. The third-order valence-electron chi connectivity index (χ3n) is 4.94. The summed E-state index contributed by atoms with van der Waals surface area (Å²) in [5.41, 5.74) is 1.83. The first-order chi connectivity index (χ1) is 12.2. The maximum absolute atomic E-state index is 13.1. The molecule has 0 bridgehead atoms. The van der Waals surface area contributed by atoms with E-state index in [1.807, 2.05) is 39.8 Å². The van der Waals surface area contributed by atoms with Crippen molar-refractivity contribution < 1.29 is 4.79 Å². The van der Waals surface area contributed by atoms with Crippen LogP contribution in [0, 0.1) is 18.3 Å². The highest BCUT2D eigenvalue weighted by atomic mass is 16.1. The van der Waals surface area contributed by atoms with Crippen LogP contribution in [0.5, 0.6) is 0 Å². The number of pyridine rings is 1. The molecule has 5 nitrogen and oxygen atoms in total. The van der Waals surface area contributed by atoms with Gasteiger partial charge in [0.25, 0.3) is 5.56 Å². The van der Waals surface area contributed by atoms with Crippen LogP contribution >= 0.6 is 0 Å². The van der Waals surface area contributed by atoms with E-state index < -0.39 is 0 Å². The van der Waals surface area contributed by atoms with Gasteiger partial charge in [-0.15, -0.1) is 0 Å². The number of nitrogens with zero attached hydrogens (tertiary/aromatic N) is 2. The molecule has 1 fully saturated rings. The number of nitrogens with one attached hydrogen (secondary N) is 1. The predicted molar refractivity (Wildman–Crippen MR) is 105 cm³/mol. The monoisotopic (exact) mass is 355 g/mol. The van der Waals surface area contributed by atoms with Gasteiger partial charge in [-0.1, -0.05) is 26.8 Å². The van der Waals surface area contributed by atoms with Gasteiger partial charge in [-0.05, 0) is 49.7 Å². The van der Waals surface area contributed by atoms with Crippen LogP contribution < -0.4 is 10.9 Å². The maximum Gasteiger partial charge on any atom is 0.263 e. The van der Waals surface area contributed by atoms with Crippen LogP contribution in [0.4, 0.5) is 5.82 Å². The number of Topliss-reactive ketones (excluding diaryl/α,β-unsaturated/α-hetero) is 1. The summed E-state index contributed by atoms with van der Waals surface area (Å²) in [4.78, 5) is 30.4. The number of aromatic nitrogens is 2. The fourth-order valence-electron chi connectivity index (χ4n) is 3.39. The second-order valence-corrected chi connectivity index (χ2v) is 8.85. The zero-order chi connectivity index (χ0) is 19.1. The number of rotatable bonds is 6. The first-order valence-corrected chi connectivity index (χ1v) is 9.45. The molecule has 1 aliphatic rings. The first kappa shape index (κ1) is 18.6. The number of carbonyl (C=O) groups excluding carboxylic acids is 1. The van der Waals surface area contributed by atoms with Crippen LogP contribution in [0.25, 0.3) is 5.65 Å². The van der Waals surface area contributed by atoms with Crippen LogP contribution in [0.15, 0.2) is 23.1 Å². The van der Waals surface area contributed by atoms with Gasteiger partial charge in [0, 0.05) is 25.1 Å². The molecule has 0 spiro atoms. The van der Waals surface area contributed by atoms with Crippen molar-refractivity contribution in [1.29, 1.82) is 0 Å². The zero-order valence-electron chi connectivity index (χ0n) is 16.4. The lowest BCUT2D eigenvalue weighted by Gasteiger charge is -2.19. The molecule has 0 aliphatic heterocycles. The molecule has 26 heavy (non-hydrogen) atoms. The average Bonchev–Trinajstić information content (AvgIpc) is 3.35. The van der Waals surface area contributed by atoms with E-state index in [1.165, 1.54) is 12.8 Å². The molecule has 0 saturated heterocycles. The summed E-state index contributed by atoms with van der Waals surface area (Å²) in [6.07, 6.45) is 4.71. The standard InChI is InChI=1S/C21H29N3O2/c1-13-7-6-10-24-19(13)23-18(22-14(2)15-8-9-15)17(20(24)26)11-16(25)12-21(3,4)5/h6-7,10,14-15,22H,8-9,11-12H2,1-5H3. The Balaban J connectivity index is 2.04. The Bertz CT molecular complexity index is 888. The number of carbonyl (C=O) groups is 1. The van der Waals surface area contributed by atoms with E-state index in [9.17, 15) is 9.59 Å². The number of ketones is 1. The second-order valence-electron chi connectivity index (χ2n) is 8.85. The lowest BCUT2D eigenvalue weighted by atomic mass is 9.88. The van der Waals surface area contributed by atoms with E-state index in [-0.39, 0.29) is 29.2 Å². The second kappa shape index (κ2) is 6.86. The quantitative estimate of drug-likeness (QED) is 0.857. The third kappa shape index (κ3) is 4.14. The van der Waals surface area contributed by atoms with Crippen molar-refractivity contribution in [2.45, 2.75) is 66.3 Å². The van der Waals surface area contributed by atoms with E-state index in [1.54, 1.807) is 10.6 Å². The molecule has 1 aliphatic carbocycles. The van der Waals surface area contributed by atoms with Crippen LogP contribution in [0.1, 0.15) is 58.1 Å². The SMILES string of the molecule is Cc1cccn2c(=O)c(CC(=O)CC(C)(C)C)c(NC(C)C3CC3)nc12. The van der Waals surface area contributed by atoms with Crippen molar-refractivity contribution in [3.05, 3.63) is 39.8 Å². The Kier molecular flexibility index (Phi) is 4.91. The van der Waals surface area contributed by atoms with E-state index in [0.717, 1.165) is 5.56 Å². The average molecular weight is 355 g/mol. The lowest BCUT2D eigenvalue weighted by Crippen LogP contribution is -2.28. The molecule has 0 amide bonds. The van der Waals surface area contributed by atoms with Crippen LogP contribution in [0.3, 0.4) is 0 Å². The van der Waals surface area contributed by atoms with Crippen molar-refractivity contribution in [2.75, 3.05) is 5.32 Å². The molecule has 140 valence electrons. The zero-order valence-corrected chi connectivity index (χ0v) is 16.4. The molecular formula is C21H29N3O2. The van der Waals surface area contributed by atoms with Crippen LogP contribution in [-0.2, 0) is 11.2 Å². The molecule has 0 aromatic carbocycles. The van der Waals surface area contributed by atoms with Crippen molar-refractivity contribution in [3.8, 4) is 0 Å². The molecule has 2 aromatic heterocycles. The smallest absolute Gasteiger partial charge is 0.263 e. The highest BCUT2D eigenvalue weighted by molar-refractivity contribution is 5.82. The number of hydrogen-bond acceptors (Lipinski definition) is 4. The van der Waals surface area contributed by atoms with Gasteiger partial charge in [-0.25, -0.2) is 4.98 Å². The number of aryl methyl sites for hydroxylation is 1. The molecule has 2 aromatic rings. The minimum atomic E-state index is -0.147. The first-order valence-electron chi connectivity index (χ1n) is 9.45. The van der Waals surface area contributed by atoms with Gasteiger partial charge in [0.2, 0.25) is 0 Å². The normalized spacial score (nSPS) is 15.9. The van der Waals surface area contributed by atoms with Crippen molar-refractivity contribution in [1.82, 2.24) is 9.38 Å². The van der Waals surface area contributed by atoms with E-state index in [2.05, 4.69) is 12.2 Å². The summed E-state index contributed by atoms with van der Waals surface area (Å²) in [5.74, 6) is 1.28. The Morgan fingerprint density at radius 2 is 2.08 bits per heavy atom. The topological polar surface area (TPSA) is 63.5 Å². The van der Waals surface area contributed by atoms with Gasteiger partial charge in [-0.2, -0.15) is 0 Å². The third-order valence-corrected chi connectivity index (χ3v) is 4.94. The molecule has 5 heteroatoms. The summed E-state index contributed by atoms with van der Waals surface area (Å²) in [6, 6.07) is 4.04. The molecular weight excluding hydrogens is 326 g/mol. The number of hydrogen-bond donors (Lipinski definition) is 1. The molecule has 1 N–H and O–H groups in total. The number of anilines is 1. The largest absolute Gasteiger partial charge is 0.367 e. The lowest BCUT2D eigenvalue weighted by molar-refractivity contribution is -0.120. The fourth-order valence-corrected chi connectivity index (χ4v) is 3.39. The van der Waals surface area contributed by atoms with Crippen molar-refractivity contribution in [3.63, 3.8) is 0 Å². The predicted octanol–water partition coefficient (Wildman–Crippen LogP) is 3.76. The molecule has 1 unspecified atom stereocenters. The van der Waals surface area contributed by atoms with Gasteiger partial charge >= 0.3 is 0 Å². The highest BCUT2D eigenvalue weighted by Crippen LogP contribution is 2.34. The van der Waals surface area contributed by atoms with Gasteiger partial charge in [0.1, 0.15) is 17.2 Å². The summed E-state index contributed by atoms with van der Waals surface area (Å²) in [7, 11) is 0. The van der Waals surface area contributed by atoms with Crippen molar-refractivity contribution in [2.24, 2.45) is 11.3 Å². The van der Waals surface area contributed by atoms with E-state index in [4.69, 9.17) is 4.98 Å². The Labute approximate surface area is 154 Å². The van der Waals surface area contributed by atoms with Gasteiger partial charge in [0.15, 0.2) is 0 Å². The summed E-state index contributed by atoms with van der Waals surface area (Å²) < 4.78 is 1.56. The van der Waals surface area contributed by atoms with E-state index in [0.29, 0.717) is 29.4 Å². The number of fused-ring (bicyclic) bond motifs is 1. The summed E-state index contributed by atoms with van der Waals surface area (Å²) >= 11 is 0. The molecule has 3 rings (SSSR count). The molecule has 0 radical (unpaired) electrons. The Hall–Kier alpha value is -2.17. The maximum atomic E-state index is 13.1. The minimum absolute atomic E-state index is 0.0751. The highest BCUT2D eigenvalue weighted by Gasteiger charge is 2.29. The molecule has 1 saturated carbocycles. The van der Waals surface area contributed by atoms with Crippen molar-refractivity contribution >= 4 is 17.2 Å². The van der Waals surface area contributed by atoms with Crippen LogP contribution in [0.2, 0.25) is 0 Å². The Morgan fingerprint density at radius 1 is 1.38 bits per heavy atom. The van der Waals surface area contributed by atoms with Crippen LogP contribution in [-0.4, -0.2) is 21.2 Å². The van der Waals surface area contributed by atoms with E-state index >= 15 is 0 Å². The molecule has 1 atom stereocenters. The Morgan fingerprint density at radius 3 is 2.69 bits per heavy atom. The van der Waals surface area contributed by atoms with Gasteiger partial charge in [0.05, 0.1) is 5.56 Å². The summed E-state index contributed by atoms with van der Waals surface area (Å²) in [6.45, 7) is 10.2. The van der Waals surface area contributed by atoms with Gasteiger partial charge < -0.3 is 5.32 Å². The van der Waals surface area contributed by atoms with Gasteiger partial charge in [-0.3, -0.25) is 14.0 Å².